The van der Waals surface area contributed by atoms with Gasteiger partial charge in [0.05, 0.1) is 6.54 Å². The lowest BCUT2D eigenvalue weighted by Crippen LogP contribution is -2.63. The number of amides is 3. The second-order valence-corrected chi connectivity index (χ2v) is 8.47. The molecule has 166 valence electrons. The summed E-state index contributed by atoms with van der Waals surface area (Å²) in [6, 6.07) is 1.64. The van der Waals surface area contributed by atoms with Gasteiger partial charge in [-0.3, -0.25) is 19.1 Å². The maximum atomic E-state index is 13.2. The van der Waals surface area contributed by atoms with Crippen LogP contribution in [0.25, 0.3) is 0 Å². The molecule has 1 saturated carbocycles. The minimum absolute atomic E-state index is 0.146. The van der Waals surface area contributed by atoms with Crippen molar-refractivity contribution in [2.75, 3.05) is 27.3 Å². The molecule has 1 fully saturated rings. The van der Waals surface area contributed by atoms with Crippen LogP contribution in [0.4, 0.5) is 0 Å². The predicted octanol–water partition coefficient (Wildman–Crippen LogP) is 1.33. The number of aromatic nitrogens is 2. The maximum absolute atomic E-state index is 13.2. The zero-order valence-corrected chi connectivity index (χ0v) is 18.2. The van der Waals surface area contributed by atoms with E-state index >= 15 is 0 Å². The molecule has 1 aromatic rings. The molecule has 2 heterocycles. The van der Waals surface area contributed by atoms with Crippen LogP contribution in [-0.4, -0.2) is 71.3 Å². The first kappa shape index (κ1) is 22.3. The number of rotatable bonds is 7. The van der Waals surface area contributed by atoms with Crippen molar-refractivity contribution in [1.82, 2.24) is 25.3 Å². The summed E-state index contributed by atoms with van der Waals surface area (Å²) in [6.07, 6.45) is 7.27. The van der Waals surface area contributed by atoms with E-state index in [0.29, 0.717) is 25.3 Å². The van der Waals surface area contributed by atoms with E-state index in [0.717, 1.165) is 25.7 Å². The van der Waals surface area contributed by atoms with E-state index in [1.807, 2.05) is 0 Å². The topological polar surface area (TPSA) is 106 Å². The average molecular weight is 420 g/mol. The molecule has 2 aliphatic rings. The Morgan fingerprint density at radius 1 is 1.27 bits per heavy atom. The highest BCUT2D eigenvalue weighted by Crippen LogP contribution is 2.27. The van der Waals surface area contributed by atoms with Crippen molar-refractivity contribution >= 4 is 17.7 Å². The molecule has 0 bridgehead atoms. The van der Waals surface area contributed by atoms with Gasteiger partial charge in [0.2, 0.25) is 5.91 Å². The largest absolute Gasteiger partial charge is 0.385 e. The molecule has 1 aliphatic heterocycles. The highest BCUT2D eigenvalue weighted by atomic mass is 16.5. The molecule has 0 unspecified atom stereocenters. The zero-order chi connectivity index (χ0) is 21.7. The van der Waals surface area contributed by atoms with Crippen LogP contribution in [0.15, 0.2) is 6.07 Å². The SMILES string of the molecule is COCCCNC(=O)c1cc2n(n1)C[C@@](C)(C(=O)NC1CCCCCC1)N(C)C2=O. The summed E-state index contributed by atoms with van der Waals surface area (Å²) in [6.45, 7) is 2.98. The summed E-state index contributed by atoms with van der Waals surface area (Å²) in [4.78, 5) is 40.0. The summed E-state index contributed by atoms with van der Waals surface area (Å²) in [5.41, 5.74) is -0.564. The van der Waals surface area contributed by atoms with Gasteiger partial charge < -0.3 is 20.3 Å². The van der Waals surface area contributed by atoms with Gasteiger partial charge in [0.25, 0.3) is 11.8 Å². The number of nitrogens with one attached hydrogen (secondary N) is 2. The number of carbonyl (C=O) groups is 3. The second kappa shape index (κ2) is 9.59. The van der Waals surface area contributed by atoms with Crippen molar-refractivity contribution in [2.45, 2.75) is 70.0 Å². The van der Waals surface area contributed by atoms with Crippen LogP contribution in [0.3, 0.4) is 0 Å². The summed E-state index contributed by atoms with van der Waals surface area (Å²) in [7, 11) is 3.24. The molecule has 3 amide bonds. The van der Waals surface area contributed by atoms with Gasteiger partial charge in [0.15, 0.2) is 5.69 Å². The monoisotopic (exact) mass is 419 g/mol. The first-order chi connectivity index (χ1) is 14.4. The Kier molecular flexibility index (Phi) is 7.12. The molecule has 0 aromatic carbocycles. The van der Waals surface area contributed by atoms with Gasteiger partial charge in [-0.25, -0.2) is 0 Å². The third kappa shape index (κ3) is 4.66. The van der Waals surface area contributed by atoms with Crippen LogP contribution in [0.5, 0.6) is 0 Å². The number of hydrogen-bond donors (Lipinski definition) is 2. The van der Waals surface area contributed by atoms with Crippen molar-refractivity contribution < 1.29 is 19.1 Å². The number of hydrogen-bond acceptors (Lipinski definition) is 5. The van der Waals surface area contributed by atoms with Crippen LogP contribution < -0.4 is 10.6 Å². The fourth-order valence-electron chi connectivity index (χ4n) is 4.11. The first-order valence-corrected chi connectivity index (χ1v) is 10.8. The predicted molar refractivity (Wildman–Crippen MR) is 111 cm³/mol. The summed E-state index contributed by atoms with van der Waals surface area (Å²) in [5.74, 6) is -0.823. The lowest BCUT2D eigenvalue weighted by Gasteiger charge is -2.41. The lowest BCUT2D eigenvalue weighted by atomic mass is 9.95. The number of carbonyl (C=O) groups excluding carboxylic acids is 3. The standard InChI is InChI=1S/C21H33N5O4/c1-21(20(29)23-15-9-6-4-5-7-10-15)14-26-17(19(28)25(21)2)13-16(24-26)18(27)22-11-8-12-30-3/h13,15H,4-12,14H2,1-3H3,(H,22,27)(H,23,29)/t21-/m0/s1. The third-order valence-corrected chi connectivity index (χ3v) is 6.22. The Morgan fingerprint density at radius 3 is 2.63 bits per heavy atom. The Morgan fingerprint density at radius 2 is 1.97 bits per heavy atom. The van der Waals surface area contributed by atoms with E-state index in [4.69, 9.17) is 4.74 Å². The van der Waals surface area contributed by atoms with Crippen LogP contribution in [-0.2, 0) is 16.1 Å². The highest BCUT2D eigenvalue weighted by molar-refractivity contribution is 6.01. The normalized spacial score (nSPS) is 22.4. The van der Waals surface area contributed by atoms with Gasteiger partial charge >= 0.3 is 0 Å². The molecule has 0 radical (unpaired) electrons. The smallest absolute Gasteiger partial charge is 0.272 e. The van der Waals surface area contributed by atoms with Crippen molar-refractivity contribution in [3.63, 3.8) is 0 Å². The quantitative estimate of drug-likeness (QED) is 0.512. The minimum atomic E-state index is -1.06. The molecule has 3 rings (SSSR count). The Hall–Kier alpha value is -2.42. The van der Waals surface area contributed by atoms with E-state index < -0.39 is 5.54 Å². The Bertz CT molecular complexity index is 784. The van der Waals surface area contributed by atoms with Crippen LogP contribution in [0, 0.1) is 0 Å². The van der Waals surface area contributed by atoms with Crippen molar-refractivity contribution in [3.05, 3.63) is 17.5 Å². The molecule has 1 atom stereocenters. The molecule has 0 saturated heterocycles. The van der Waals surface area contributed by atoms with E-state index in [1.165, 1.54) is 28.5 Å². The lowest BCUT2D eigenvalue weighted by molar-refractivity contribution is -0.133. The van der Waals surface area contributed by atoms with Crippen molar-refractivity contribution in [3.8, 4) is 0 Å². The summed E-state index contributed by atoms with van der Waals surface area (Å²) >= 11 is 0. The molecule has 0 spiro atoms. The summed E-state index contributed by atoms with van der Waals surface area (Å²) < 4.78 is 6.45. The fourth-order valence-corrected chi connectivity index (χ4v) is 4.11. The Labute approximate surface area is 177 Å². The van der Waals surface area contributed by atoms with E-state index in [9.17, 15) is 14.4 Å². The third-order valence-electron chi connectivity index (χ3n) is 6.22. The van der Waals surface area contributed by atoms with Gasteiger partial charge in [-0.2, -0.15) is 5.10 Å². The summed E-state index contributed by atoms with van der Waals surface area (Å²) in [5, 5.41) is 10.2. The van der Waals surface area contributed by atoms with Gasteiger partial charge in [0.1, 0.15) is 11.2 Å². The molecular formula is C21H33N5O4. The van der Waals surface area contributed by atoms with Gasteiger partial charge in [-0.15, -0.1) is 0 Å². The number of ether oxygens (including phenoxy) is 1. The number of nitrogens with zero attached hydrogens (tertiary/aromatic N) is 3. The molecule has 1 aliphatic carbocycles. The maximum Gasteiger partial charge on any atom is 0.272 e. The second-order valence-electron chi connectivity index (χ2n) is 8.47. The van der Waals surface area contributed by atoms with Crippen LogP contribution in [0.1, 0.15) is 72.8 Å². The molecule has 30 heavy (non-hydrogen) atoms. The van der Waals surface area contributed by atoms with Crippen LogP contribution >= 0.6 is 0 Å². The number of likely N-dealkylation sites (N-methyl/N-ethyl adjacent to an activating group) is 1. The van der Waals surface area contributed by atoms with Crippen molar-refractivity contribution in [1.29, 1.82) is 0 Å². The minimum Gasteiger partial charge on any atom is -0.385 e. The van der Waals surface area contributed by atoms with Gasteiger partial charge in [0, 0.05) is 39.4 Å². The number of fused-ring (bicyclic) bond motifs is 1. The van der Waals surface area contributed by atoms with E-state index in [-0.39, 0.29) is 36.0 Å². The Balaban J connectivity index is 1.72. The molecule has 1 aromatic heterocycles. The molecule has 9 heteroatoms. The average Bonchev–Trinajstić information content (AvgIpc) is 2.98. The molecule has 2 N–H and O–H groups in total. The fraction of sp³-hybridized carbons (Fsp3) is 0.714. The van der Waals surface area contributed by atoms with Crippen molar-refractivity contribution in [2.24, 2.45) is 0 Å². The molecular weight excluding hydrogens is 386 g/mol. The highest BCUT2D eigenvalue weighted by Gasteiger charge is 2.46. The van der Waals surface area contributed by atoms with Gasteiger partial charge in [-0.05, 0) is 26.2 Å². The first-order valence-electron chi connectivity index (χ1n) is 10.8. The van der Waals surface area contributed by atoms with E-state index in [2.05, 4.69) is 15.7 Å². The number of methoxy groups -OCH3 is 1. The van der Waals surface area contributed by atoms with Crippen LogP contribution in [0.2, 0.25) is 0 Å². The molecule has 9 nitrogen and oxygen atoms in total. The zero-order valence-electron chi connectivity index (χ0n) is 18.2. The van der Waals surface area contributed by atoms with E-state index in [1.54, 1.807) is 21.1 Å². The van der Waals surface area contributed by atoms with Gasteiger partial charge in [-0.1, -0.05) is 25.7 Å².